The average Bonchev–Trinajstić information content (AvgIpc) is 3.07. The Hall–Kier alpha value is -2.83. The molecule has 1 aliphatic heterocycles. The van der Waals surface area contributed by atoms with Gasteiger partial charge in [-0.1, -0.05) is 37.1 Å². The largest absolute Gasteiger partial charge is 0.494 e. The number of halogens is 1. The molecule has 0 N–H and O–H groups in total. The second kappa shape index (κ2) is 9.76. The van der Waals surface area contributed by atoms with Gasteiger partial charge in [0, 0.05) is 25.3 Å². The van der Waals surface area contributed by atoms with Crippen LogP contribution in [0.2, 0.25) is 5.02 Å². The average molecular weight is 456 g/mol. The predicted molar refractivity (Wildman–Crippen MR) is 124 cm³/mol. The first kappa shape index (κ1) is 22.4. The number of methoxy groups -OCH3 is 1. The van der Waals surface area contributed by atoms with E-state index < -0.39 is 6.04 Å². The number of hydrogen-bond donors (Lipinski definition) is 0. The van der Waals surface area contributed by atoms with Crippen molar-refractivity contribution in [3.8, 4) is 5.75 Å². The van der Waals surface area contributed by atoms with E-state index >= 15 is 0 Å². The van der Waals surface area contributed by atoms with Gasteiger partial charge in [0.2, 0.25) is 5.76 Å². The van der Waals surface area contributed by atoms with E-state index in [-0.39, 0.29) is 17.1 Å². The van der Waals surface area contributed by atoms with E-state index in [0.717, 1.165) is 18.4 Å². The maximum atomic E-state index is 13.5. The van der Waals surface area contributed by atoms with Crippen molar-refractivity contribution in [1.29, 1.82) is 0 Å². The van der Waals surface area contributed by atoms with Gasteiger partial charge in [-0.25, -0.2) is 0 Å². The van der Waals surface area contributed by atoms with Crippen LogP contribution in [0.1, 0.15) is 53.9 Å². The zero-order valence-electron chi connectivity index (χ0n) is 18.2. The van der Waals surface area contributed by atoms with Crippen LogP contribution >= 0.6 is 11.6 Å². The lowest BCUT2D eigenvalue weighted by Gasteiger charge is -2.25. The molecular weight excluding hydrogens is 430 g/mol. The first-order valence-electron chi connectivity index (χ1n) is 10.8. The summed E-state index contributed by atoms with van der Waals surface area (Å²) >= 11 is 6.13. The van der Waals surface area contributed by atoms with Crippen molar-refractivity contribution >= 4 is 28.5 Å². The third kappa shape index (κ3) is 4.25. The molecule has 0 bridgehead atoms. The molecule has 1 aromatic heterocycles. The van der Waals surface area contributed by atoms with E-state index in [2.05, 4.69) is 6.92 Å². The maximum absolute atomic E-state index is 13.5. The van der Waals surface area contributed by atoms with E-state index in [1.165, 1.54) is 0 Å². The number of unbranched alkanes of at least 4 members (excludes halogenated alkanes) is 1. The topological polar surface area (TPSA) is 69.0 Å². The van der Waals surface area contributed by atoms with Crippen LogP contribution in [0.25, 0.3) is 11.0 Å². The number of amides is 1. The van der Waals surface area contributed by atoms with Gasteiger partial charge in [0.05, 0.1) is 23.6 Å². The molecule has 6 nitrogen and oxygen atoms in total. The van der Waals surface area contributed by atoms with Crippen molar-refractivity contribution in [3.05, 3.63) is 74.6 Å². The first-order valence-corrected chi connectivity index (χ1v) is 11.2. The quantitative estimate of drug-likeness (QED) is 0.414. The van der Waals surface area contributed by atoms with Gasteiger partial charge in [0.25, 0.3) is 5.91 Å². The zero-order chi connectivity index (χ0) is 22.7. The standard InChI is InChI=1S/C25H26ClNO5/c1-3-4-13-31-18-8-5-7-16(14-18)22-21-23(28)19-15-17(26)9-10-20(19)32-24(21)25(29)27(22)11-6-12-30-2/h5,7-10,14-15,22H,3-4,6,11-13H2,1-2H3. The second-order valence-corrected chi connectivity index (χ2v) is 8.27. The van der Waals surface area contributed by atoms with Crippen LogP contribution in [0.5, 0.6) is 5.75 Å². The molecule has 7 heteroatoms. The molecule has 32 heavy (non-hydrogen) atoms. The van der Waals surface area contributed by atoms with Gasteiger partial charge in [0.1, 0.15) is 11.3 Å². The Kier molecular flexibility index (Phi) is 6.82. The predicted octanol–water partition coefficient (Wildman–Crippen LogP) is 5.21. The Balaban J connectivity index is 1.82. The molecule has 1 amide bonds. The Labute approximate surface area is 191 Å². The molecule has 1 aliphatic rings. The molecule has 1 atom stereocenters. The highest BCUT2D eigenvalue weighted by molar-refractivity contribution is 6.31. The fraction of sp³-hybridized carbons (Fsp3) is 0.360. The van der Waals surface area contributed by atoms with E-state index in [9.17, 15) is 9.59 Å². The van der Waals surface area contributed by atoms with Gasteiger partial charge in [0.15, 0.2) is 5.43 Å². The Bertz CT molecular complexity index is 1190. The lowest BCUT2D eigenvalue weighted by atomic mass is 9.98. The highest BCUT2D eigenvalue weighted by atomic mass is 35.5. The minimum Gasteiger partial charge on any atom is -0.494 e. The van der Waals surface area contributed by atoms with Gasteiger partial charge in [-0.05, 0) is 48.7 Å². The highest BCUT2D eigenvalue weighted by Crippen LogP contribution is 2.39. The highest BCUT2D eigenvalue weighted by Gasteiger charge is 2.42. The monoisotopic (exact) mass is 455 g/mol. The van der Waals surface area contributed by atoms with Gasteiger partial charge < -0.3 is 18.8 Å². The minimum absolute atomic E-state index is 0.0875. The number of rotatable bonds is 9. The normalized spacial score (nSPS) is 15.4. The van der Waals surface area contributed by atoms with Crippen LogP contribution in [-0.4, -0.2) is 37.7 Å². The van der Waals surface area contributed by atoms with Crippen LogP contribution in [0.15, 0.2) is 51.7 Å². The van der Waals surface area contributed by atoms with Crippen LogP contribution in [0.3, 0.4) is 0 Å². The van der Waals surface area contributed by atoms with Gasteiger partial charge in [-0.2, -0.15) is 0 Å². The summed E-state index contributed by atoms with van der Waals surface area (Å²) in [6.45, 7) is 3.66. The lowest BCUT2D eigenvalue weighted by Crippen LogP contribution is -2.31. The fourth-order valence-electron chi connectivity index (χ4n) is 4.06. The summed E-state index contributed by atoms with van der Waals surface area (Å²) in [6.07, 6.45) is 2.63. The summed E-state index contributed by atoms with van der Waals surface area (Å²) in [5.41, 5.74) is 1.25. The second-order valence-electron chi connectivity index (χ2n) is 7.84. The number of carbonyl (C=O) groups is 1. The molecule has 0 saturated carbocycles. The molecule has 0 saturated heterocycles. The summed E-state index contributed by atoms with van der Waals surface area (Å²) in [5, 5.41) is 0.803. The van der Waals surface area contributed by atoms with Crippen molar-refractivity contribution in [2.45, 2.75) is 32.2 Å². The molecule has 168 valence electrons. The number of benzene rings is 2. The van der Waals surface area contributed by atoms with Crippen molar-refractivity contribution in [1.82, 2.24) is 4.90 Å². The van der Waals surface area contributed by atoms with Gasteiger partial charge in [-0.3, -0.25) is 9.59 Å². The fourth-order valence-corrected chi connectivity index (χ4v) is 4.23. The van der Waals surface area contributed by atoms with E-state index in [0.29, 0.717) is 53.5 Å². The number of nitrogens with zero attached hydrogens (tertiary/aromatic N) is 1. The van der Waals surface area contributed by atoms with Crippen LogP contribution in [-0.2, 0) is 4.74 Å². The number of fused-ring (bicyclic) bond motifs is 2. The summed E-state index contributed by atoms with van der Waals surface area (Å²) in [6, 6.07) is 11.9. The van der Waals surface area contributed by atoms with Gasteiger partial charge >= 0.3 is 0 Å². The van der Waals surface area contributed by atoms with E-state index in [1.54, 1.807) is 30.2 Å². The third-order valence-corrected chi connectivity index (χ3v) is 5.85. The molecule has 0 radical (unpaired) electrons. The summed E-state index contributed by atoms with van der Waals surface area (Å²) in [4.78, 5) is 28.5. The van der Waals surface area contributed by atoms with Crippen molar-refractivity contribution in [3.63, 3.8) is 0 Å². The van der Waals surface area contributed by atoms with Crippen LogP contribution in [0, 0.1) is 0 Å². The molecule has 0 fully saturated rings. The van der Waals surface area contributed by atoms with Gasteiger partial charge in [-0.15, -0.1) is 0 Å². The molecule has 1 unspecified atom stereocenters. The summed E-state index contributed by atoms with van der Waals surface area (Å²) < 4.78 is 17.0. The van der Waals surface area contributed by atoms with Crippen molar-refractivity contribution < 1.29 is 18.7 Å². The Morgan fingerprint density at radius 1 is 1.09 bits per heavy atom. The molecule has 0 spiro atoms. The zero-order valence-corrected chi connectivity index (χ0v) is 19.0. The number of hydrogen-bond acceptors (Lipinski definition) is 5. The molecular formula is C25H26ClNO5. The van der Waals surface area contributed by atoms with E-state index in [1.807, 2.05) is 24.3 Å². The number of ether oxygens (including phenoxy) is 2. The summed E-state index contributed by atoms with van der Waals surface area (Å²) in [5.74, 6) is 0.499. The minimum atomic E-state index is -0.566. The molecule has 4 rings (SSSR count). The lowest BCUT2D eigenvalue weighted by molar-refractivity contribution is 0.0707. The molecule has 0 aliphatic carbocycles. The van der Waals surface area contributed by atoms with E-state index in [4.69, 9.17) is 25.5 Å². The Morgan fingerprint density at radius 2 is 1.94 bits per heavy atom. The maximum Gasteiger partial charge on any atom is 0.290 e. The smallest absolute Gasteiger partial charge is 0.290 e. The number of carbonyl (C=O) groups excluding carboxylic acids is 1. The van der Waals surface area contributed by atoms with Crippen LogP contribution in [0.4, 0.5) is 0 Å². The SMILES string of the molecule is CCCCOc1cccc(C2c3c(oc4ccc(Cl)cc4c3=O)C(=O)N2CCCOC)c1. The summed E-state index contributed by atoms with van der Waals surface area (Å²) in [7, 11) is 1.62. The van der Waals surface area contributed by atoms with Crippen LogP contribution < -0.4 is 10.2 Å². The molecule has 2 aromatic carbocycles. The molecule has 2 heterocycles. The Morgan fingerprint density at radius 3 is 2.72 bits per heavy atom. The first-order chi connectivity index (χ1) is 15.5. The molecule has 3 aromatic rings. The third-order valence-electron chi connectivity index (χ3n) is 5.62. The van der Waals surface area contributed by atoms with Crippen molar-refractivity contribution in [2.24, 2.45) is 0 Å². The van der Waals surface area contributed by atoms with Crippen molar-refractivity contribution in [2.75, 3.05) is 26.9 Å².